The number of carbonyl (C=O) groups is 1. The number of aromatic nitrogens is 2. The van der Waals surface area contributed by atoms with Gasteiger partial charge in [0.05, 0.1) is 6.42 Å². The molecule has 0 amide bonds. The lowest BCUT2D eigenvalue weighted by molar-refractivity contribution is -0.137. The smallest absolute Gasteiger partial charge is 0.303 e. The SMILES string of the molecule is O=C(O)CCc1nnc(-c2cc(Cl)cc(Br)c2)o1. The summed E-state index contributed by atoms with van der Waals surface area (Å²) in [5, 5.41) is 16.7. The summed E-state index contributed by atoms with van der Waals surface area (Å²) >= 11 is 9.23. The Morgan fingerprint density at radius 3 is 2.83 bits per heavy atom. The van der Waals surface area contributed by atoms with Crippen LogP contribution in [0.1, 0.15) is 12.3 Å². The van der Waals surface area contributed by atoms with E-state index in [9.17, 15) is 4.79 Å². The fourth-order valence-corrected chi connectivity index (χ4v) is 2.22. The van der Waals surface area contributed by atoms with Gasteiger partial charge in [-0.25, -0.2) is 0 Å². The van der Waals surface area contributed by atoms with Crippen molar-refractivity contribution in [2.45, 2.75) is 12.8 Å². The summed E-state index contributed by atoms with van der Waals surface area (Å²) < 4.78 is 6.17. The first-order valence-electron chi connectivity index (χ1n) is 5.05. The van der Waals surface area contributed by atoms with E-state index in [0.717, 1.165) is 4.47 Å². The number of nitrogens with zero attached hydrogens (tertiary/aromatic N) is 2. The van der Waals surface area contributed by atoms with Gasteiger partial charge < -0.3 is 9.52 Å². The van der Waals surface area contributed by atoms with E-state index in [0.29, 0.717) is 22.4 Å². The highest BCUT2D eigenvalue weighted by Gasteiger charge is 2.11. The van der Waals surface area contributed by atoms with Crippen molar-refractivity contribution in [3.05, 3.63) is 33.6 Å². The lowest BCUT2D eigenvalue weighted by atomic mass is 10.2. The maximum absolute atomic E-state index is 10.4. The molecule has 1 aromatic heterocycles. The van der Waals surface area contributed by atoms with Gasteiger partial charge in [0.1, 0.15) is 0 Å². The molecule has 1 N–H and O–H groups in total. The second kappa shape index (κ2) is 5.49. The summed E-state index contributed by atoms with van der Waals surface area (Å²) in [5.41, 5.74) is 0.684. The molecular weight excluding hydrogens is 323 g/mol. The highest BCUT2D eigenvalue weighted by atomic mass is 79.9. The van der Waals surface area contributed by atoms with Crippen LogP contribution in [0.25, 0.3) is 11.5 Å². The van der Waals surface area contributed by atoms with Gasteiger partial charge in [-0.2, -0.15) is 0 Å². The van der Waals surface area contributed by atoms with Crippen LogP contribution in [0.3, 0.4) is 0 Å². The standard InChI is InChI=1S/C11H8BrClN2O3/c12-7-3-6(4-8(13)5-7)11-15-14-9(18-11)1-2-10(16)17/h3-5H,1-2H2,(H,16,17). The van der Waals surface area contributed by atoms with E-state index in [-0.39, 0.29) is 12.8 Å². The normalized spacial score (nSPS) is 10.6. The van der Waals surface area contributed by atoms with Crippen molar-refractivity contribution in [1.29, 1.82) is 0 Å². The minimum absolute atomic E-state index is 0.0408. The predicted octanol–water partition coefficient (Wildman–Crippen LogP) is 3.17. The number of carboxylic acids is 1. The summed E-state index contributed by atoms with van der Waals surface area (Å²) in [6.07, 6.45) is 0.172. The van der Waals surface area contributed by atoms with E-state index < -0.39 is 5.97 Å². The Bertz CT molecular complexity index is 565. The summed E-state index contributed by atoms with van der Waals surface area (Å²) in [6.45, 7) is 0. The molecule has 0 bridgehead atoms. The maximum atomic E-state index is 10.4. The molecule has 0 saturated carbocycles. The first-order chi connectivity index (χ1) is 8.54. The molecule has 1 heterocycles. The molecule has 0 spiro atoms. The second-order valence-electron chi connectivity index (χ2n) is 3.55. The van der Waals surface area contributed by atoms with Gasteiger partial charge in [-0.3, -0.25) is 4.79 Å². The third-order valence-corrected chi connectivity index (χ3v) is 2.81. The number of aliphatic carboxylic acids is 1. The highest BCUT2D eigenvalue weighted by molar-refractivity contribution is 9.10. The fraction of sp³-hybridized carbons (Fsp3) is 0.182. The van der Waals surface area contributed by atoms with Crippen molar-refractivity contribution >= 4 is 33.5 Å². The van der Waals surface area contributed by atoms with E-state index >= 15 is 0 Å². The summed E-state index contributed by atoms with van der Waals surface area (Å²) in [4.78, 5) is 10.4. The number of halogens is 2. The monoisotopic (exact) mass is 330 g/mol. The Balaban J connectivity index is 2.21. The Labute approximate surface area is 116 Å². The number of hydrogen-bond acceptors (Lipinski definition) is 4. The third kappa shape index (κ3) is 3.30. The fourth-order valence-electron chi connectivity index (χ4n) is 1.36. The van der Waals surface area contributed by atoms with Crippen molar-refractivity contribution in [3.63, 3.8) is 0 Å². The van der Waals surface area contributed by atoms with E-state index in [2.05, 4.69) is 26.1 Å². The van der Waals surface area contributed by atoms with Gasteiger partial charge in [0.15, 0.2) is 0 Å². The highest BCUT2D eigenvalue weighted by Crippen LogP contribution is 2.26. The van der Waals surface area contributed by atoms with E-state index in [4.69, 9.17) is 21.1 Å². The van der Waals surface area contributed by atoms with Crippen LogP contribution in [0, 0.1) is 0 Å². The van der Waals surface area contributed by atoms with Crippen LogP contribution >= 0.6 is 27.5 Å². The lowest BCUT2D eigenvalue weighted by Crippen LogP contribution is -1.97. The zero-order valence-corrected chi connectivity index (χ0v) is 11.4. The number of carboxylic acid groups (broad SMARTS) is 1. The minimum Gasteiger partial charge on any atom is -0.481 e. The summed E-state index contributed by atoms with van der Waals surface area (Å²) in [7, 11) is 0. The minimum atomic E-state index is -0.903. The van der Waals surface area contributed by atoms with Gasteiger partial charge in [0.25, 0.3) is 0 Å². The molecule has 0 radical (unpaired) electrons. The number of rotatable bonds is 4. The van der Waals surface area contributed by atoms with Crippen molar-refractivity contribution in [2.75, 3.05) is 0 Å². The van der Waals surface area contributed by atoms with Gasteiger partial charge in [-0.1, -0.05) is 27.5 Å². The van der Waals surface area contributed by atoms with Gasteiger partial charge in [-0.05, 0) is 18.2 Å². The molecule has 1 aromatic carbocycles. The third-order valence-electron chi connectivity index (χ3n) is 2.13. The molecule has 0 unspecified atom stereocenters. The van der Waals surface area contributed by atoms with Gasteiger partial charge in [0, 0.05) is 21.5 Å². The Morgan fingerprint density at radius 1 is 1.39 bits per heavy atom. The van der Waals surface area contributed by atoms with E-state index in [1.54, 1.807) is 18.2 Å². The molecule has 2 aromatic rings. The van der Waals surface area contributed by atoms with Crippen molar-refractivity contribution in [1.82, 2.24) is 10.2 Å². The molecule has 94 valence electrons. The van der Waals surface area contributed by atoms with Crippen molar-refractivity contribution < 1.29 is 14.3 Å². The Morgan fingerprint density at radius 2 is 2.17 bits per heavy atom. The average molecular weight is 332 g/mol. The molecule has 0 aliphatic rings. The van der Waals surface area contributed by atoms with Crippen molar-refractivity contribution in [3.8, 4) is 11.5 Å². The Kier molecular flexibility index (Phi) is 3.98. The molecule has 5 nitrogen and oxygen atoms in total. The largest absolute Gasteiger partial charge is 0.481 e. The molecule has 0 atom stereocenters. The van der Waals surface area contributed by atoms with Crippen LogP contribution < -0.4 is 0 Å². The zero-order chi connectivity index (χ0) is 13.1. The van der Waals surface area contributed by atoms with Gasteiger partial charge >= 0.3 is 5.97 Å². The van der Waals surface area contributed by atoms with Crippen LogP contribution in [0.4, 0.5) is 0 Å². The maximum Gasteiger partial charge on any atom is 0.303 e. The molecule has 0 fully saturated rings. The first-order valence-corrected chi connectivity index (χ1v) is 6.22. The second-order valence-corrected chi connectivity index (χ2v) is 4.90. The van der Waals surface area contributed by atoms with Crippen molar-refractivity contribution in [2.24, 2.45) is 0 Å². The van der Waals surface area contributed by atoms with Gasteiger partial charge in [-0.15, -0.1) is 10.2 Å². The molecule has 0 saturated heterocycles. The topological polar surface area (TPSA) is 76.2 Å². The number of benzene rings is 1. The number of hydrogen-bond donors (Lipinski definition) is 1. The number of aryl methyl sites for hydroxylation is 1. The molecule has 7 heteroatoms. The van der Waals surface area contributed by atoms with Gasteiger partial charge in [0.2, 0.25) is 11.8 Å². The molecule has 0 aliphatic heterocycles. The molecule has 0 aliphatic carbocycles. The van der Waals surface area contributed by atoms with Crippen LogP contribution in [0.15, 0.2) is 27.1 Å². The average Bonchev–Trinajstić information content (AvgIpc) is 2.73. The summed E-state index contributed by atoms with van der Waals surface area (Å²) in [6, 6.07) is 5.23. The summed E-state index contributed by atoms with van der Waals surface area (Å²) in [5.74, 6) is -0.290. The van der Waals surface area contributed by atoms with Crippen LogP contribution in [0.2, 0.25) is 5.02 Å². The zero-order valence-electron chi connectivity index (χ0n) is 9.06. The van der Waals surface area contributed by atoms with E-state index in [1.165, 1.54) is 0 Å². The first kappa shape index (κ1) is 13.0. The van der Waals surface area contributed by atoms with E-state index in [1.807, 2.05) is 0 Å². The van der Waals surface area contributed by atoms with Crippen LogP contribution in [0.5, 0.6) is 0 Å². The Hall–Kier alpha value is -1.40. The molecule has 2 rings (SSSR count). The van der Waals surface area contributed by atoms with Crippen LogP contribution in [-0.2, 0) is 11.2 Å². The van der Waals surface area contributed by atoms with Crippen LogP contribution in [-0.4, -0.2) is 21.3 Å². The lowest BCUT2D eigenvalue weighted by Gasteiger charge is -1.97. The molecular formula is C11H8BrClN2O3. The quantitative estimate of drug-likeness (QED) is 0.931. The predicted molar refractivity (Wildman–Crippen MR) is 68.4 cm³/mol. The molecule has 18 heavy (non-hydrogen) atoms.